The summed E-state index contributed by atoms with van der Waals surface area (Å²) in [6, 6.07) is 10.6. The number of hydrogen-bond donors (Lipinski definition) is 1. The molecule has 0 bridgehead atoms. The molecule has 0 unspecified atom stereocenters. The lowest BCUT2D eigenvalue weighted by molar-refractivity contribution is -0.121. The molecule has 3 heterocycles. The van der Waals surface area contributed by atoms with Crippen molar-refractivity contribution in [1.29, 1.82) is 5.26 Å². The Bertz CT molecular complexity index is 1340. The predicted molar refractivity (Wildman–Crippen MR) is 125 cm³/mol. The van der Waals surface area contributed by atoms with Crippen molar-refractivity contribution in [2.75, 3.05) is 18.6 Å². The average molecular weight is 463 g/mol. The largest absolute Gasteiger partial charge is 0.452 e. The minimum atomic E-state index is -0.424. The molecule has 0 aliphatic carbocycles. The van der Waals surface area contributed by atoms with Gasteiger partial charge in [0.05, 0.1) is 29.9 Å². The van der Waals surface area contributed by atoms with Gasteiger partial charge in [0.15, 0.2) is 0 Å². The SMILES string of the molecule is COC(=O)N1c2ccc3c(nc(CCn4ccccc4=O)n3CC(=O)NCC#N)c2CC[C@@H]1C. The number of anilines is 1. The van der Waals surface area contributed by atoms with E-state index in [1.54, 1.807) is 27.8 Å². The minimum Gasteiger partial charge on any atom is -0.452 e. The van der Waals surface area contributed by atoms with Crippen LogP contribution in [0.3, 0.4) is 0 Å². The van der Waals surface area contributed by atoms with Gasteiger partial charge in [0.2, 0.25) is 5.91 Å². The number of carbonyl (C=O) groups is 2. The van der Waals surface area contributed by atoms with Crippen LogP contribution in [0.5, 0.6) is 0 Å². The van der Waals surface area contributed by atoms with Crippen LogP contribution in [0.15, 0.2) is 41.3 Å². The second kappa shape index (κ2) is 9.79. The lowest BCUT2D eigenvalue weighted by atomic mass is 9.96. The zero-order valence-electron chi connectivity index (χ0n) is 19.2. The van der Waals surface area contributed by atoms with E-state index in [2.05, 4.69) is 5.32 Å². The van der Waals surface area contributed by atoms with Crippen LogP contribution in [0.4, 0.5) is 10.5 Å². The van der Waals surface area contributed by atoms with Gasteiger partial charge in [-0.1, -0.05) is 6.07 Å². The number of aryl methyl sites for hydroxylation is 3. The molecule has 1 aliphatic heterocycles. The Morgan fingerprint density at radius 1 is 1.29 bits per heavy atom. The van der Waals surface area contributed by atoms with Crippen molar-refractivity contribution in [2.24, 2.45) is 0 Å². The third-order valence-electron chi connectivity index (χ3n) is 6.11. The van der Waals surface area contributed by atoms with E-state index in [1.807, 2.05) is 29.7 Å². The van der Waals surface area contributed by atoms with Crippen molar-refractivity contribution < 1.29 is 14.3 Å². The molecule has 34 heavy (non-hydrogen) atoms. The summed E-state index contributed by atoms with van der Waals surface area (Å²) in [7, 11) is 1.36. The molecular formula is C24H26N6O4. The number of carbonyl (C=O) groups excluding carboxylic acids is 2. The Labute approximate surface area is 196 Å². The van der Waals surface area contributed by atoms with Gasteiger partial charge in [-0.05, 0) is 38.0 Å². The highest BCUT2D eigenvalue weighted by Gasteiger charge is 2.31. The predicted octanol–water partition coefficient (Wildman–Crippen LogP) is 1.99. The van der Waals surface area contributed by atoms with Gasteiger partial charge in [-0.2, -0.15) is 5.26 Å². The van der Waals surface area contributed by atoms with Crippen LogP contribution < -0.4 is 15.8 Å². The van der Waals surface area contributed by atoms with Crippen LogP contribution >= 0.6 is 0 Å². The number of nitrogens with zero attached hydrogens (tertiary/aromatic N) is 5. The number of hydrogen-bond acceptors (Lipinski definition) is 6. The molecule has 1 N–H and O–H groups in total. The molecule has 0 saturated carbocycles. The number of nitrogens with one attached hydrogen (secondary N) is 1. The van der Waals surface area contributed by atoms with Gasteiger partial charge >= 0.3 is 6.09 Å². The van der Waals surface area contributed by atoms with Crippen LogP contribution in [0, 0.1) is 11.3 Å². The second-order valence-corrected chi connectivity index (χ2v) is 8.19. The Morgan fingerprint density at radius 2 is 2.12 bits per heavy atom. The molecule has 3 aromatic rings. The van der Waals surface area contributed by atoms with E-state index in [9.17, 15) is 14.4 Å². The molecule has 4 rings (SSSR count). The third kappa shape index (κ3) is 4.37. The smallest absolute Gasteiger partial charge is 0.414 e. The zero-order chi connectivity index (χ0) is 24.2. The summed E-state index contributed by atoms with van der Waals surface area (Å²) in [5.74, 6) is 0.344. The Balaban J connectivity index is 1.78. The van der Waals surface area contributed by atoms with Crippen LogP contribution in [0.1, 0.15) is 24.7 Å². The van der Waals surface area contributed by atoms with E-state index in [0.717, 1.165) is 35.1 Å². The van der Waals surface area contributed by atoms with E-state index >= 15 is 0 Å². The van der Waals surface area contributed by atoms with Crippen LogP contribution in [0.25, 0.3) is 11.0 Å². The first kappa shape index (κ1) is 23.0. The second-order valence-electron chi connectivity index (χ2n) is 8.19. The third-order valence-corrected chi connectivity index (χ3v) is 6.11. The summed E-state index contributed by atoms with van der Waals surface area (Å²) in [5, 5.41) is 11.4. The van der Waals surface area contributed by atoms with Crippen molar-refractivity contribution in [3.63, 3.8) is 0 Å². The quantitative estimate of drug-likeness (QED) is 0.559. The first-order valence-electron chi connectivity index (χ1n) is 11.1. The maximum Gasteiger partial charge on any atom is 0.414 e. The van der Waals surface area contributed by atoms with Crippen molar-refractivity contribution in [2.45, 2.75) is 45.3 Å². The highest BCUT2D eigenvalue weighted by Crippen LogP contribution is 2.36. The number of methoxy groups -OCH3 is 1. The van der Waals surface area contributed by atoms with E-state index in [4.69, 9.17) is 15.0 Å². The molecule has 0 saturated heterocycles. The molecule has 1 aromatic carbocycles. The topological polar surface area (TPSA) is 122 Å². The molecule has 0 radical (unpaired) electrons. The molecule has 1 atom stereocenters. The minimum absolute atomic E-state index is 0.00684. The lowest BCUT2D eigenvalue weighted by Crippen LogP contribution is -2.42. The van der Waals surface area contributed by atoms with E-state index in [-0.39, 0.29) is 30.6 Å². The summed E-state index contributed by atoms with van der Waals surface area (Å²) in [4.78, 5) is 43.6. The molecule has 0 fully saturated rings. The molecule has 10 heteroatoms. The first-order chi connectivity index (χ1) is 16.4. The maximum atomic E-state index is 12.5. The number of aromatic nitrogens is 3. The van der Waals surface area contributed by atoms with Gasteiger partial charge in [0.1, 0.15) is 18.9 Å². The van der Waals surface area contributed by atoms with Crippen molar-refractivity contribution in [3.05, 3.63) is 58.3 Å². The molecular weight excluding hydrogens is 436 g/mol. The zero-order valence-corrected chi connectivity index (χ0v) is 19.2. The number of pyridine rings is 1. The number of rotatable bonds is 6. The fourth-order valence-corrected chi connectivity index (χ4v) is 4.42. The summed E-state index contributed by atoms with van der Waals surface area (Å²) < 4.78 is 8.41. The molecule has 10 nitrogen and oxygen atoms in total. The average Bonchev–Trinajstić information content (AvgIpc) is 3.18. The fourth-order valence-electron chi connectivity index (χ4n) is 4.42. The van der Waals surface area contributed by atoms with Gasteiger partial charge in [-0.15, -0.1) is 0 Å². The van der Waals surface area contributed by atoms with Gasteiger partial charge in [-0.3, -0.25) is 14.5 Å². The molecule has 176 valence electrons. The van der Waals surface area contributed by atoms with E-state index in [0.29, 0.717) is 18.8 Å². The fraction of sp³-hybridized carbons (Fsp3) is 0.375. The van der Waals surface area contributed by atoms with Gasteiger partial charge in [-0.25, -0.2) is 9.78 Å². The van der Waals surface area contributed by atoms with Gasteiger partial charge < -0.3 is 19.2 Å². The normalized spacial score (nSPS) is 15.0. The number of fused-ring (bicyclic) bond motifs is 3. The van der Waals surface area contributed by atoms with E-state index < -0.39 is 6.09 Å². The highest BCUT2D eigenvalue weighted by atomic mass is 16.5. The first-order valence-corrected chi connectivity index (χ1v) is 11.1. The maximum absolute atomic E-state index is 12.5. The van der Waals surface area contributed by atoms with Crippen LogP contribution in [0.2, 0.25) is 0 Å². The number of nitriles is 1. The molecule has 0 spiro atoms. The number of ether oxygens (including phenoxy) is 1. The molecule has 1 aliphatic rings. The lowest BCUT2D eigenvalue weighted by Gasteiger charge is -2.34. The van der Waals surface area contributed by atoms with Crippen molar-refractivity contribution in [3.8, 4) is 6.07 Å². The number of benzene rings is 1. The Morgan fingerprint density at radius 3 is 2.85 bits per heavy atom. The summed E-state index contributed by atoms with van der Waals surface area (Å²) >= 11 is 0. The van der Waals surface area contributed by atoms with Crippen molar-refractivity contribution in [1.82, 2.24) is 19.4 Å². The Hall–Kier alpha value is -4.13. The number of imidazole rings is 1. The summed E-state index contributed by atoms with van der Waals surface area (Å²) in [5.41, 5.74) is 3.05. The van der Waals surface area contributed by atoms with E-state index in [1.165, 1.54) is 13.2 Å². The van der Waals surface area contributed by atoms with Gasteiger partial charge in [0.25, 0.3) is 5.56 Å². The summed E-state index contributed by atoms with van der Waals surface area (Å²) in [6.45, 7) is 2.29. The monoisotopic (exact) mass is 462 g/mol. The molecule has 2 aromatic heterocycles. The van der Waals surface area contributed by atoms with Crippen molar-refractivity contribution >= 4 is 28.7 Å². The van der Waals surface area contributed by atoms with Crippen LogP contribution in [-0.2, 0) is 35.5 Å². The molecule has 2 amide bonds. The Kier molecular flexibility index (Phi) is 6.63. The standard InChI is InChI=1S/C24H26N6O4/c1-16-6-7-17-18(30(16)24(33)34-2)8-9-19-23(17)27-20(29(19)15-21(31)26-12-11-25)10-14-28-13-4-3-5-22(28)32/h3-5,8-9,13,16H,6-7,10,12,14-15H2,1-2H3,(H,26,31)/t16-/m0/s1. The summed E-state index contributed by atoms with van der Waals surface area (Å²) in [6.07, 6.45) is 3.21. The van der Waals surface area contributed by atoms with Crippen LogP contribution in [-0.4, -0.2) is 45.8 Å². The van der Waals surface area contributed by atoms with Gasteiger partial charge in [0, 0.05) is 36.8 Å². The number of amides is 2. The highest BCUT2D eigenvalue weighted by molar-refractivity contribution is 5.95.